The molecule has 1 atom stereocenters. The molecule has 0 saturated carbocycles. The molecule has 0 aliphatic heterocycles. The van der Waals surface area contributed by atoms with Gasteiger partial charge in [-0.15, -0.1) is 0 Å². The highest BCUT2D eigenvalue weighted by Gasteiger charge is 2.16. The Morgan fingerprint density at radius 3 is 1.44 bits per heavy atom. The summed E-state index contributed by atoms with van der Waals surface area (Å²) in [5.74, 6) is -0.602. The highest BCUT2D eigenvalue weighted by atomic mass is 16.6. The van der Waals surface area contributed by atoms with Crippen LogP contribution < -0.4 is 0 Å². The summed E-state index contributed by atoms with van der Waals surface area (Å²) in [6.45, 7) is 3.99. The van der Waals surface area contributed by atoms with Gasteiger partial charge in [0.15, 0.2) is 6.10 Å². The molecule has 1 N–H and O–H groups in total. The zero-order valence-electron chi connectivity index (χ0n) is 29.4. The minimum absolute atomic E-state index is 0.0683. The summed E-state index contributed by atoms with van der Waals surface area (Å²) in [5, 5.41) is 9.52. The molecule has 260 valence electrons. The summed E-state index contributed by atoms with van der Waals surface area (Å²) in [5.41, 5.74) is 0. The number of carbonyl (C=O) groups excluding carboxylic acids is 2. The molecule has 0 aromatic carbocycles. The molecule has 1 unspecified atom stereocenters. The summed E-state index contributed by atoms with van der Waals surface area (Å²) < 4.78 is 10.6. The molecule has 0 bridgehead atoms. The third kappa shape index (κ3) is 34.6. The third-order valence-electron chi connectivity index (χ3n) is 7.89. The summed E-state index contributed by atoms with van der Waals surface area (Å²) in [4.78, 5) is 24.1. The normalized spacial score (nSPS) is 12.7. The van der Waals surface area contributed by atoms with Crippen LogP contribution >= 0.6 is 0 Å². The predicted octanol–water partition coefficient (Wildman–Crippen LogP) is 11.5. The minimum Gasteiger partial charge on any atom is -0.462 e. The lowest BCUT2D eigenvalue weighted by molar-refractivity contribution is -0.161. The number of carbonyl (C=O) groups is 2. The summed E-state index contributed by atoms with van der Waals surface area (Å²) in [6.07, 6.45) is 44.5. The Morgan fingerprint density at radius 1 is 0.533 bits per heavy atom. The quantitative estimate of drug-likeness (QED) is 0.0444. The number of allylic oxidation sites excluding steroid dienone is 8. The molecular formula is C40H70O5. The molecule has 0 aliphatic rings. The van der Waals surface area contributed by atoms with Crippen LogP contribution in [0, 0.1) is 0 Å². The van der Waals surface area contributed by atoms with Gasteiger partial charge >= 0.3 is 11.9 Å². The zero-order valence-corrected chi connectivity index (χ0v) is 29.4. The number of esters is 2. The number of hydrogen-bond donors (Lipinski definition) is 1. The van der Waals surface area contributed by atoms with Gasteiger partial charge in [-0.25, -0.2) is 0 Å². The van der Waals surface area contributed by atoms with Gasteiger partial charge in [0, 0.05) is 12.8 Å². The molecule has 0 amide bonds. The Bertz CT molecular complexity index is 767. The van der Waals surface area contributed by atoms with Crippen LogP contribution in [0.25, 0.3) is 0 Å². The van der Waals surface area contributed by atoms with Crippen LogP contribution in [0.15, 0.2) is 48.6 Å². The number of ether oxygens (including phenoxy) is 2. The fourth-order valence-electron chi connectivity index (χ4n) is 5.07. The predicted molar refractivity (Wildman–Crippen MR) is 191 cm³/mol. The Hall–Kier alpha value is -2.14. The van der Waals surface area contributed by atoms with Gasteiger partial charge in [-0.1, -0.05) is 159 Å². The summed E-state index contributed by atoms with van der Waals surface area (Å²) in [7, 11) is 0. The van der Waals surface area contributed by atoms with E-state index in [0.717, 1.165) is 70.6 Å². The van der Waals surface area contributed by atoms with Crippen molar-refractivity contribution in [2.45, 2.75) is 180 Å². The maximum Gasteiger partial charge on any atom is 0.306 e. The van der Waals surface area contributed by atoms with Crippen LogP contribution in [0.5, 0.6) is 0 Å². The zero-order chi connectivity index (χ0) is 32.9. The topological polar surface area (TPSA) is 72.8 Å². The maximum absolute atomic E-state index is 12.1. The lowest BCUT2D eigenvalue weighted by atomic mass is 10.1. The molecule has 5 nitrogen and oxygen atoms in total. The first-order valence-corrected chi connectivity index (χ1v) is 18.7. The molecule has 0 saturated heterocycles. The van der Waals surface area contributed by atoms with Gasteiger partial charge in [0.05, 0.1) is 6.61 Å². The smallest absolute Gasteiger partial charge is 0.306 e. The molecule has 0 heterocycles. The van der Waals surface area contributed by atoms with E-state index in [1.807, 2.05) is 0 Å². The highest BCUT2D eigenvalue weighted by Crippen LogP contribution is 2.13. The third-order valence-corrected chi connectivity index (χ3v) is 7.89. The molecule has 5 heteroatoms. The van der Waals surface area contributed by atoms with E-state index < -0.39 is 6.10 Å². The SMILES string of the molecule is CC/C=C\C/C=C\C/C=C\C/C=C\CCCCCCCCCCC(=O)OC(CO)COC(=O)CCCCCCCCCCCC. The Balaban J connectivity index is 3.57. The van der Waals surface area contributed by atoms with Crippen molar-refractivity contribution in [3.05, 3.63) is 48.6 Å². The lowest BCUT2D eigenvalue weighted by Crippen LogP contribution is -2.28. The summed E-state index contributed by atoms with van der Waals surface area (Å²) in [6, 6.07) is 0. The maximum atomic E-state index is 12.1. The van der Waals surface area contributed by atoms with E-state index in [1.54, 1.807) is 0 Å². The van der Waals surface area contributed by atoms with Gasteiger partial charge in [-0.2, -0.15) is 0 Å². The molecule has 0 fully saturated rings. The van der Waals surface area contributed by atoms with E-state index in [0.29, 0.717) is 12.8 Å². The molecule has 0 spiro atoms. The van der Waals surface area contributed by atoms with E-state index in [4.69, 9.17) is 9.47 Å². The first-order chi connectivity index (χ1) is 22.1. The van der Waals surface area contributed by atoms with Gasteiger partial charge in [0.2, 0.25) is 0 Å². The molecule has 0 rings (SSSR count). The Morgan fingerprint density at radius 2 is 0.956 bits per heavy atom. The van der Waals surface area contributed by atoms with Crippen LogP contribution in [0.3, 0.4) is 0 Å². The first kappa shape index (κ1) is 42.9. The monoisotopic (exact) mass is 631 g/mol. The number of aliphatic hydroxyl groups excluding tert-OH is 1. The van der Waals surface area contributed by atoms with Crippen molar-refractivity contribution in [2.24, 2.45) is 0 Å². The second-order valence-electron chi connectivity index (χ2n) is 12.3. The van der Waals surface area contributed by atoms with Crippen LogP contribution in [0.4, 0.5) is 0 Å². The average molecular weight is 631 g/mol. The molecule has 0 aliphatic carbocycles. The number of unbranched alkanes of at least 4 members (excludes halogenated alkanes) is 17. The molecule has 45 heavy (non-hydrogen) atoms. The van der Waals surface area contributed by atoms with Crippen molar-refractivity contribution >= 4 is 11.9 Å². The van der Waals surface area contributed by atoms with Crippen molar-refractivity contribution in [1.29, 1.82) is 0 Å². The van der Waals surface area contributed by atoms with Crippen molar-refractivity contribution in [3.8, 4) is 0 Å². The van der Waals surface area contributed by atoms with Crippen molar-refractivity contribution in [1.82, 2.24) is 0 Å². The van der Waals surface area contributed by atoms with Gasteiger partial charge < -0.3 is 14.6 Å². The minimum atomic E-state index is -0.772. The standard InChI is InChI=1S/C40H70O5/c1-3-5-7-9-11-13-15-16-17-18-19-20-21-22-23-24-25-27-29-31-33-35-40(43)45-38(36-41)37-44-39(42)34-32-30-28-26-14-12-10-8-6-4-2/h5,7,11,13,16-17,19-20,38,41H,3-4,6,8-10,12,14-15,18,21-37H2,1-2H3/b7-5-,13-11-,17-16-,20-19-. The van der Waals surface area contributed by atoms with Crippen LogP contribution in [-0.2, 0) is 19.1 Å². The van der Waals surface area contributed by atoms with E-state index in [2.05, 4.69) is 62.5 Å². The average Bonchev–Trinajstić information content (AvgIpc) is 3.04. The molecular weight excluding hydrogens is 560 g/mol. The largest absolute Gasteiger partial charge is 0.462 e. The second-order valence-corrected chi connectivity index (χ2v) is 12.3. The van der Waals surface area contributed by atoms with Gasteiger partial charge in [-0.3, -0.25) is 9.59 Å². The van der Waals surface area contributed by atoms with Crippen LogP contribution in [0.2, 0.25) is 0 Å². The van der Waals surface area contributed by atoms with Crippen molar-refractivity contribution in [2.75, 3.05) is 13.2 Å². The second kappa shape index (κ2) is 36.3. The van der Waals surface area contributed by atoms with Gasteiger partial charge in [-0.05, 0) is 51.4 Å². The van der Waals surface area contributed by atoms with Crippen LogP contribution in [0.1, 0.15) is 174 Å². The Labute approximate surface area is 278 Å². The molecule has 0 aromatic heterocycles. The number of hydrogen-bond acceptors (Lipinski definition) is 5. The highest BCUT2D eigenvalue weighted by molar-refractivity contribution is 5.70. The van der Waals surface area contributed by atoms with E-state index in [9.17, 15) is 14.7 Å². The van der Waals surface area contributed by atoms with E-state index >= 15 is 0 Å². The lowest BCUT2D eigenvalue weighted by Gasteiger charge is -2.15. The fraction of sp³-hybridized carbons (Fsp3) is 0.750. The molecule has 0 aromatic rings. The van der Waals surface area contributed by atoms with Crippen molar-refractivity contribution < 1.29 is 24.2 Å². The fourth-order valence-corrected chi connectivity index (χ4v) is 5.07. The van der Waals surface area contributed by atoms with Crippen LogP contribution in [-0.4, -0.2) is 36.4 Å². The first-order valence-electron chi connectivity index (χ1n) is 18.7. The Kier molecular flexibility index (Phi) is 34.6. The van der Waals surface area contributed by atoms with Gasteiger partial charge in [0.1, 0.15) is 6.61 Å². The van der Waals surface area contributed by atoms with Gasteiger partial charge in [0.25, 0.3) is 0 Å². The number of rotatable bonds is 33. The van der Waals surface area contributed by atoms with E-state index in [1.165, 1.54) is 77.0 Å². The molecule has 0 radical (unpaired) electrons. The number of aliphatic hydroxyl groups is 1. The summed E-state index contributed by atoms with van der Waals surface area (Å²) >= 11 is 0. The van der Waals surface area contributed by atoms with E-state index in [-0.39, 0.29) is 25.2 Å². The van der Waals surface area contributed by atoms with Crippen molar-refractivity contribution in [3.63, 3.8) is 0 Å².